The number of anilines is 2. The molecule has 2 aliphatic rings. The van der Waals surface area contributed by atoms with Crippen molar-refractivity contribution in [2.45, 2.75) is 63.6 Å². The zero-order valence-electron chi connectivity index (χ0n) is 20.7. The Morgan fingerprint density at radius 3 is 2.63 bits per heavy atom. The Balaban J connectivity index is 1.37. The third-order valence-electron chi connectivity index (χ3n) is 6.89. The van der Waals surface area contributed by atoms with Crippen LogP contribution >= 0.6 is 11.6 Å². The van der Waals surface area contributed by atoms with Gasteiger partial charge in [0.1, 0.15) is 5.82 Å². The molecule has 0 amide bonds. The second-order valence-electron chi connectivity index (χ2n) is 9.73. The Labute approximate surface area is 212 Å². The maximum Gasteiger partial charge on any atom is 0.165 e. The van der Waals surface area contributed by atoms with Crippen LogP contribution in [0.5, 0.6) is 0 Å². The molecule has 2 fully saturated rings. The van der Waals surface area contributed by atoms with E-state index in [4.69, 9.17) is 21.1 Å². The Kier molecular flexibility index (Phi) is 9.54. The van der Waals surface area contributed by atoms with E-state index in [9.17, 15) is 4.39 Å². The molecule has 3 N–H and O–H groups in total. The molecule has 1 atom stereocenters. The first-order valence-corrected chi connectivity index (χ1v) is 13.0. The highest BCUT2D eigenvalue weighted by Gasteiger charge is 2.23. The number of methoxy groups -OCH3 is 1. The highest BCUT2D eigenvalue weighted by atomic mass is 35.5. The molecule has 0 spiro atoms. The van der Waals surface area contributed by atoms with Gasteiger partial charge < -0.3 is 25.4 Å². The smallest absolute Gasteiger partial charge is 0.165 e. The minimum absolute atomic E-state index is 0.255. The summed E-state index contributed by atoms with van der Waals surface area (Å²) < 4.78 is 25.1. The minimum Gasteiger partial charge on any atom is -0.383 e. The summed E-state index contributed by atoms with van der Waals surface area (Å²) in [7, 11) is 1.73. The molecule has 192 valence electrons. The van der Waals surface area contributed by atoms with E-state index in [2.05, 4.69) is 32.8 Å². The predicted octanol–water partition coefficient (Wildman–Crippen LogP) is 5.12. The van der Waals surface area contributed by atoms with Gasteiger partial charge in [-0.2, -0.15) is 0 Å². The van der Waals surface area contributed by atoms with Gasteiger partial charge >= 0.3 is 0 Å². The normalized spacial score (nSPS) is 22.1. The van der Waals surface area contributed by atoms with Crippen LogP contribution in [0.4, 0.5) is 16.0 Å². The largest absolute Gasteiger partial charge is 0.383 e. The van der Waals surface area contributed by atoms with Crippen LogP contribution in [0, 0.1) is 11.7 Å². The topological polar surface area (TPSA) is 80.3 Å². The van der Waals surface area contributed by atoms with Crippen LogP contribution in [0.15, 0.2) is 24.4 Å². The lowest BCUT2D eigenvalue weighted by Crippen LogP contribution is -2.42. The fraction of sp³-hybridized carbons (Fsp3) is 0.615. The number of halogens is 2. The van der Waals surface area contributed by atoms with Crippen molar-refractivity contribution in [3.8, 4) is 11.3 Å². The number of ether oxygens (including phenoxy) is 2. The first-order valence-electron chi connectivity index (χ1n) is 12.7. The van der Waals surface area contributed by atoms with Gasteiger partial charge in [-0.05, 0) is 69.6 Å². The molecular weight excluding hydrogens is 469 g/mol. The molecule has 1 saturated carbocycles. The molecular formula is C26H37ClFN5O2. The lowest BCUT2D eigenvalue weighted by molar-refractivity contribution is 0.0699. The van der Waals surface area contributed by atoms with Crippen molar-refractivity contribution in [2.24, 2.45) is 5.92 Å². The van der Waals surface area contributed by atoms with Gasteiger partial charge in [-0.1, -0.05) is 11.6 Å². The predicted molar refractivity (Wildman–Crippen MR) is 139 cm³/mol. The van der Waals surface area contributed by atoms with E-state index in [0.717, 1.165) is 69.7 Å². The maximum atomic E-state index is 14.5. The van der Waals surface area contributed by atoms with E-state index in [1.54, 1.807) is 19.4 Å². The van der Waals surface area contributed by atoms with Crippen molar-refractivity contribution in [1.82, 2.24) is 15.3 Å². The zero-order valence-corrected chi connectivity index (χ0v) is 21.4. The van der Waals surface area contributed by atoms with Crippen LogP contribution in [-0.2, 0) is 9.47 Å². The van der Waals surface area contributed by atoms with Crippen LogP contribution < -0.4 is 16.0 Å². The summed E-state index contributed by atoms with van der Waals surface area (Å²) >= 11 is 6.48. The molecule has 9 heteroatoms. The van der Waals surface area contributed by atoms with E-state index in [0.29, 0.717) is 41.3 Å². The Bertz CT molecular complexity index is 951. The van der Waals surface area contributed by atoms with Gasteiger partial charge in [-0.3, -0.25) is 0 Å². The van der Waals surface area contributed by atoms with Crippen LogP contribution in [0.3, 0.4) is 0 Å². The fourth-order valence-electron chi connectivity index (χ4n) is 4.94. The molecule has 0 unspecified atom stereocenters. The second kappa shape index (κ2) is 12.8. The van der Waals surface area contributed by atoms with E-state index < -0.39 is 0 Å². The first kappa shape index (κ1) is 26.1. The lowest BCUT2D eigenvalue weighted by Gasteiger charge is -2.31. The van der Waals surface area contributed by atoms with Crippen LogP contribution in [0.2, 0.25) is 5.02 Å². The Morgan fingerprint density at radius 2 is 1.89 bits per heavy atom. The van der Waals surface area contributed by atoms with Crippen molar-refractivity contribution in [2.75, 3.05) is 44.1 Å². The average molecular weight is 506 g/mol. The van der Waals surface area contributed by atoms with E-state index in [1.807, 2.05) is 6.07 Å². The van der Waals surface area contributed by atoms with Crippen molar-refractivity contribution in [3.63, 3.8) is 0 Å². The number of nitrogens with zero attached hydrogens (tertiary/aromatic N) is 2. The number of hydrogen-bond acceptors (Lipinski definition) is 7. The standard InChI is InChI=1S/C26H37ClFN5O2/c1-17(16-34-2)31-19-3-5-20(6-4-19)32-25-13-21(22(27)15-29-25)24-8-7-23(28)26(33-24)30-14-18-9-11-35-12-10-18/h7-8,13,15,17-20,31H,3-6,9-12,14,16H2,1-2H3,(H,29,32)(H,30,33)/t17-,19?,20?/m1/s1. The van der Waals surface area contributed by atoms with Crippen molar-refractivity contribution in [3.05, 3.63) is 35.2 Å². The monoisotopic (exact) mass is 505 g/mol. The van der Waals surface area contributed by atoms with Gasteiger partial charge in [0.2, 0.25) is 0 Å². The minimum atomic E-state index is -0.366. The third kappa shape index (κ3) is 7.49. The lowest BCUT2D eigenvalue weighted by atomic mass is 9.90. The highest BCUT2D eigenvalue weighted by molar-refractivity contribution is 6.33. The quantitative estimate of drug-likeness (QED) is 0.413. The van der Waals surface area contributed by atoms with Gasteiger partial charge in [0.15, 0.2) is 11.6 Å². The zero-order chi connectivity index (χ0) is 24.6. The van der Waals surface area contributed by atoms with E-state index in [1.165, 1.54) is 6.07 Å². The van der Waals surface area contributed by atoms with Crippen LogP contribution in [0.25, 0.3) is 11.3 Å². The summed E-state index contributed by atoms with van der Waals surface area (Å²) in [6.07, 6.45) is 7.92. The van der Waals surface area contributed by atoms with Crippen LogP contribution in [-0.4, -0.2) is 61.6 Å². The molecule has 0 radical (unpaired) electrons. The van der Waals surface area contributed by atoms with Gasteiger partial charge in [-0.25, -0.2) is 14.4 Å². The van der Waals surface area contributed by atoms with Crippen molar-refractivity contribution < 1.29 is 13.9 Å². The fourth-order valence-corrected chi connectivity index (χ4v) is 5.14. The second-order valence-corrected chi connectivity index (χ2v) is 10.1. The number of hydrogen-bond donors (Lipinski definition) is 3. The molecule has 35 heavy (non-hydrogen) atoms. The summed E-state index contributed by atoms with van der Waals surface area (Å²) in [5.74, 6) is 1.11. The average Bonchev–Trinajstić information content (AvgIpc) is 2.87. The molecule has 1 saturated heterocycles. The van der Waals surface area contributed by atoms with Gasteiger partial charge in [0.25, 0.3) is 0 Å². The molecule has 4 rings (SSSR count). The first-order chi connectivity index (χ1) is 17.0. The Morgan fingerprint density at radius 1 is 1.14 bits per heavy atom. The number of aromatic nitrogens is 2. The van der Waals surface area contributed by atoms with Gasteiger partial charge in [0, 0.05) is 56.8 Å². The molecule has 3 heterocycles. The third-order valence-corrected chi connectivity index (χ3v) is 7.19. The number of pyridine rings is 2. The SMILES string of the molecule is COC[C@@H](C)NC1CCC(Nc2cc(-c3ccc(F)c(NCC4CCOCC4)n3)c(Cl)cn2)CC1. The Hall–Kier alpha value is -2.00. The van der Waals surface area contributed by atoms with Gasteiger partial charge in [0.05, 0.1) is 17.3 Å². The summed E-state index contributed by atoms with van der Waals surface area (Å²) in [5, 5.41) is 10.9. The maximum absolute atomic E-state index is 14.5. The molecule has 2 aromatic rings. The van der Waals surface area contributed by atoms with Crippen molar-refractivity contribution >= 4 is 23.2 Å². The van der Waals surface area contributed by atoms with Crippen molar-refractivity contribution in [1.29, 1.82) is 0 Å². The number of nitrogens with one attached hydrogen (secondary N) is 3. The highest BCUT2D eigenvalue weighted by Crippen LogP contribution is 2.31. The van der Waals surface area contributed by atoms with Crippen LogP contribution in [0.1, 0.15) is 45.4 Å². The summed E-state index contributed by atoms with van der Waals surface area (Å²) in [6.45, 7) is 5.07. The summed E-state index contributed by atoms with van der Waals surface area (Å²) in [6, 6.07) is 6.24. The molecule has 0 aromatic carbocycles. The molecule has 1 aliphatic carbocycles. The van der Waals surface area contributed by atoms with E-state index in [-0.39, 0.29) is 11.6 Å². The summed E-state index contributed by atoms with van der Waals surface area (Å²) in [4.78, 5) is 9.04. The molecule has 2 aromatic heterocycles. The molecule has 1 aliphatic heterocycles. The number of rotatable bonds is 10. The summed E-state index contributed by atoms with van der Waals surface area (Å²) in [5.41, 5.74) is 1.36. The molecule has 7 nitrogen and oxygen atoms in total. The van der Waals surface area contributed by atoms with Gasteiger partial charge in [-0.15, -0.1) is 0 Å². The molecule has 0 bridgehead atoms. The van der Waals surface area contributed by atoms with E-state index >= 15 is 0 Å².